The summed E-state index contributed by atoms with van der Waals surface area (Å²) in [6.45, 7) is 2.94. The number of benzene rings is 1. The van der Waals surface area contributed by atoms with Gasteiger partial charge < -0.3 is 9.32 Å². The van der Waals surface area contributed by atoms with Gasteiger partial charge in [-0.2, -0.15) is 0 Å². The zero-order valence-electron chi connectivity index (χ0n) is 11.5. The molecule has 0 radical (unpaired) electrons. The number of hydrogen-bond acceptors (Lipinski definition) is 2. The van der Waals surface area contributed by atoms with Gasteiger partial charge in [-0.1, -0.05) is 25.1 Å². The van der Waals surface area contributed by atoms with E-state index in [4.69, 9.17) is 4.42 Å². The number of para-hydroxylation sites is 1. The highest BCUT2D eigenvalue weighted by Gasteiger charge is 2.24. The summed E-state index contributed by atoms with van der Waals surface area (Å²) >= 11 is 0. The first-order chi connectivity index (χ1) is 9.74. The predicted molar refractivity (Wildman–Crippen MR) is 79.4 cm³/mol. The van der Waals surface area contributed by atoms with Crippen LogP contribution in [0.15, 0.2) is 53.2 Å². The van der Waals surface area contributed by atoms with E-state index in [2.05, 4.69) is 13.0 Å². The van der Waals surface area contributed by atoms with Crippen molar-refractivity contribution in [1.82, 2.24) is 0 Å². The lowest BCUT2D eigenvalue weighted by Gasteiger charge is -2.32. The quantitative estimate of drug-likeness (QED) is 0.780. The van der Waals surface area contributed by atoms with E-state index in [-0.39, 0.29) is 5.91 Å². The Morgan fingerprint density at radius 2 is 2.15 bits per heavy atom. The molecule has 20 heavy (non-hydrogen) atoms. The van der Waals surface area contributed by atoms with Crippen molar-refractivity contribution in [3.63, 3.8) is 0 Å². The molecular formula is C17H17NO2. The molecule has 0 aliphatic carbocycles. The Bertz CT molecular complexity index is 628. The maximum Gasteiger partial charge on any atom is 0.251 e. The van der Waals surface area contributed by atoms with Crippen LogP contribution in [0.3, 0.4) is 0 Å². The van der Waals surface area contributed by atoms with E-state index in [9.17, 15) is 4.79 Å². The van der Waals surface area contributed by atoms with Gasteiger partial charge in [-0.15, -0.1) is 0 Å². The van der Waals surface area contributed by atoms with Gasteiger partial charge in [0.15, 0.2) is 0 Å². The Labute approximate surface area is 118 Å². The van der Waals surface area contributed by atoms with Gasteiger partial charge in [0, 0.05) is 18.3 Å². The Morgan fingerprint density at radius 1 is 1.30 bits per heavy atom. The zero-order valence-corrected chi connectivity index (χ0v) is 11.5. The number of nitrogens with zero attached hydrogens (tertiary/aromatic N) is 1. The molecule has 0 N–H and O–H groups in total. The van der Waals surface area contributed by atoms with Gasteiger partial charge in [0.05, 0.1) is 6.26 Å². The minimum Gasteiger partial charge on any atom is -0.465 e. The molecule has 1 unspecified atom stereocenters. The third kappa shape index (κ3) is 2.52. The fourth-order valence-electron chi connectivity index (χ4n) is 2.63. The van der Waals surface area contributed by atoms with Crippen LogP contribution in [0.4, 0.5) is 5.69 Å². The standard InChI is InChI=1S/C17H17NO2/c1-13-11-14-5-2-3-7-16(14)18(12-13)17(19)9-8-15-6-4-10-20-15/h2-10,13H,11-12H2,1H3/b9-8+. The Kier molecular flexibility index (Phi) is 3.42. The van der Waals surface area contributed by atoms with Gasteiger partial charge >= 0.3 is 0 Å². The molecule has 1 aliphatic rings. The first kappa shape index (κ1) is 12.7. The van der Waals surface area contributed by atoms with E-state index in [0.29, 0.717) is 11.7 Å². The predicted octanol–water partition coefficient (Wildman–Crippen LogP) is 3.52. The van der Waals surface area contributed by atoms with Crippen LogP contribution in [0.1, 0.15) is 18.2 Å². The van der Waals surface area contributed by atoms with Crippen molar-refractivity contribution in [2.75, 3.05) is 11.4 Å². The Balaban J connectivity index is 1.84. The number of carbonyl (C=O) groups is 1. The molecule has 1 atom stereocenters. The van der Waals surface area contributed by atoms with Crippen molar-refractivity contribution in [3.05, 3.63) is 60.1 Å². The van der Waals surface area contributed by atoms with Gasteiger partial charge in [-0.3, -0.25) is 4.79 Å². The highest BCUT2D eigenvalue weighted by molar-refractivity contribution is 6.04. The van der Waals surface area contributed by atoms with Gasteiger partial charge in [0.1, 0.15) is 5.76 Å². The molecule has 3 nitrogen and oxygen atoms in total. The smallest absolute Gasteiger partial charge is 0.251 e. The molecule has 0 saturated heterocycles. The second-order valence-corrected chi connectivity index (χ2v) is 5.24. The van der Waals surface area contributed by atoms with Crippen molar-refractivity contribution in [3.8, 4) is 0 Å². The first-order valence-corrected chi connectivity index (χ1v) is 6.85. The second kappa shape index (κ2) is 5.37. The molecule has 3 heteroatoms. The largest absolute Gasteiger partial charge is 0.465 e. The summed E-state index contributed by atoms with van der Waals surface area (Å²) in [6.07, 6.45) is 5.92. The Hall–Kier alpha value is -2.29. The highest BCUT2D eigenvalue weighted by atomic mass is 16.3. The molecule has 2 heterocycles. The molecule has 3 rings (SSSR count). The van der Waals surface area contributed by atoms with Gasteiger partial charge in [-0.25, -0.2) is 0 Å². The lowest BCUT2D eigenvalue weighted by molar-refractivity contribution is -0.114. The van der Waals surface area contributed by atoms with Crippen molar-refractivity contribution >= 4 is 17.7 Å². The van der Waals surface area contributed by atoms with Crippen LogP contribution in [0.25, 0.3) is 6.08 Å². The number of hydrogen-bond donors (Lipinski definition) is 0. The van der Waals surface area contributed by atoms with Crippen LogP contribution >= 0.6 is 0 Å². The molecule has 0 spiro atoms. The zero-order chi connectivity index (χ0) is 13.9. The minimum absolute atomic E-state index is 0.000370. The molecular weight excluding hydrogens is 250 g/mol. The van der Waals surface area contributed by atoms with E-state index >= 15 is 0 Å². The van der Waals surface area contributed by atoms with Gasteiger partial charge in [-0.05, 0) is 42.2 Å². The average molecular weight is 267 g/mol. The average Bonchev–Trinajstić information content (AvgIpc) is 2.97. The fraction of sp³-hybridized carbons (Fsp3) is 0.235. The third-order valence-corrected chi connectivity index (χ3v) is 3.54. The number of amides is 1. The molecule has 0 bridgehead atoms. The highest BCUT2D eigenvalue weighted by Crippen LogP contribution is 2.29. The summed E-state index contributed by atoms with van der Waals surface area (Å²) < 4.78 is 5.20. The van der Waals surface area contributed by atoms with E-state index in [0.717, 1.165) is 18.7 Å². The summed E-state index contributed by atoms with van der Waals surface area (Å²) in [5, 5.41) is 0. The molecule has 0 fully saturated rings. The third-order valence-electron chi connectivity index (χ3n) is 3.54. The lowest BCUT2D eigenvalue weighted by atomic mass is 9.94. The van der Waals surface area contributed by atoms with Crippen LogP contribution < -0.4 is 4.90 Å². The summed E-state index contributed by atoms with van der Waals surface area (Å²) in [4.78, 5) is 14.2. The summed E-state index contributed by atoms with van der Waals surface area (Å²) in [5.74, 6) is 1.17. The van der Waals surface area contributed by atoms with Gasteiger partial charge in [0.2, 0.25) is 0 Å². The van der Waals surface area contributed by atoms with E-state index in [1.165, 1.54) is 5.56 Å². The van der Waals surface area contributed by atoms with E-state index in [1.807, 2.05) is 35.2 Å². The molecule has 1 amide bonds. The number of carbonyl (C=O) groups excluding carboxylic acids is 1. The summed E-state index contributed by atoms with van der Waals surface area (Å²) in [5.41, 5.74) is 2.27. The van der Waals surface area contributed by atoms with E-state index < -0.39 is 0 Å². The lowest BCUT2D eigenvalue weighted by Crippen LogP contribution is -2.38. The number of anilines is 1. The van der Waals surface area contributed by atoms with Crippen LogP contribution in [0.2, 0.25) is 0 Å². The number of fused-ring (bicyclic) bond motifs is 1. The summed E-state index contributed by atoms with van der Waals surface area (Å²) in [7, 11) is 0. The molecule has 1 aliphatic heterocycles. The van der Waals surface area contributed by atoms with Gasteiger partial charge in [0.25, 0.3) is 5.91 Å². The number of rotatable bonds is 2. The normalized spacial score (nSPS) is 18.2. The van der Waals surface area contributed by atoms with Crippen LogP contribution in [-0.2, 0) is 11.2 Å². The second-order valence-electron chi connectivity index (χ2n) is 5.24. The maximum absolute atomic E-state index is 12.4. The molecule has 1 aromatic heterocycles. The van der Waals surface area contributed by atoms with Crippen molar-refractivity contribution in [1.29, 1.82) is 0 Å². The summed E-state index contributed by atoms with van der Waals surface area (Å²) in [6, 6.07) is 11.8. The molecule has 0 saturated carbocycles. The first-order valence-electron chi connectivity index (χ1n) is 6.85. The Morgan fingerprint density at radius 3 is 2.95 bits per heavy atom. The molecule has 2 aromatic rings. The monoisotopic (exact) mass is 267 g/mol. The topological polar surface area (TPSA) is 33.5 Å². The minimum atomic E-state index is 0.000370. The van der Waals surface area contributed by atoms with Crippen molar-refractivity contribution in [2.45, 2.75) is 13.3 Å². The van der Waals surface area contributed by atoms with Crippen molar-refractivity contribution < 1.29 is 9.21 Å². The molecule has 102 valence electrons. The fourth-order valence-corrected chi connectivity index (χ4v) is 2.63. The SMILES string of the molecule is CC1Cc2ccccc2N(C(=O)/C=C/c2ccco2)C1. The molecule has 1 aromatic carbocycles. The van der Waals surface area contributed by atoms with Crippen molar-refractivity contribution in [2.24, 2.45) is 5.92 Å². The van der Waals surface area contributed by atoms with Crippen LogP contribution in [0, 0.1) is 5.92 Å². The maximum atomic E-state index is 12.4. The number of furan rings is 1. The van der Waals surface area contributed by atoms with Crippen LogP contribution in [-0.4, -0.2) is 12.5 Å². The van der Waals surface area contributed by atoms with Crippen LogP contribution in [0.5, 0.6) is 0 Å². The van der Waals surface area contributed by atoms with E-state index in [1.54, 1.807) is 18.4 Å².